The molecule has 0 aromatic heterocycles. The van der Waals surface area contributed by atoms with Gasteiger partial charge >= 0.3 is 5.97 Å². The highest BCUT2D eigenvalue weighted by molar-refractivity contribution is 6.74. The normalized spacial score (nSPS) is 13.1. The fourth-order valence-electron chi connectivity index (χ4n) is 2.32. The Labute approximate surface area is 170 Å². The zero-order valence-electron chi connectivity index (χ0n) is 17.8. The standard InChI is InChI=1S/C23H32O4Si/c1-18(16-26-28(5,6)23(2,3)4)27-22(24)20-14-10-11-15-21(20)25-17-19-12-8-7-9-13-19/h7-15,18H,16-17H2,1-6H3/t18-/m1/s1. The maximum absolute atomic E-state index is 12.7. The molecule has 28 heavy (non-hydrogen) atoms. The highest BCUT2D eigenvalue weighted by Gasteiger charge is 2.37. The third-order valence-corrected chi connectivity index (χ3v) is 9.64. The van der Waals surface area contributed by atoms with Crippen LogP contribution in [-0.2, 0) is 15.8 Å². The molecule has 0 aliphatic heterocycles. The molecule has 0 saturated carbocycles. The molecule has 0 saturated heterocycles. The van der Waals surface area contributed by atoms with Gasteiger partial charge in [0.05, 0.1) is 6.61 Å². The van der Waals surface area contributed by atoms with Crippen LogP contribution in [-0.4, -0.2) is 27.0 Å². The summed E-state index contributed by atoms with van der Waals surface area (Å²) < 4.78 is 17.6. The van der Waals surface area contributed by atoms with Gasteiger partial charge in [0.2, 0.25) is 0 Å². The van der Waals surface area contributed by atoms with Gasteiger partial charge in [0.15, 0.2) is 8.32 Å². The smallest absolute Gasteiger partial charge is 0.342 e. The van der Waals surface area contributed by atoms with E-state index in [1.807, 2.05) is 49.4 Å². The Bertz CT molecular complexity index is 766. The zero-order chi connectivity index (χ0) is 20.8. The molecule has 0 aliphatic rings. The first kappa shape index (κ1) is 22.2. The number of rotatable bonds is 8. The van der Waals surface area contributed by atoms with Gasteiger partial charge in [0.25, 0.3) is 0 Å². The molecule has 0 amide bonds. The number of esters is 1. The summed E-state index contributed by atoms with van der Waals surface area (Å²) in [7, 11) is -1.88. The summed E-state index contributed by atoms with van der Waals surface area (Å²) in [4.78, 5) is 12.7. The van der Waals surface area contributed by atoms with E-state index in [1.54, 1.807) is 12.1 Å². The van der Waals surface area contributed by atoms with Crippen LogP contribution < -0.4 is 4.74 Å². The summed E-state index contributed by atoms with van der Waals surface area (Å²) in [6.45, 7) is 13.6. The molecule has 1 atom stereocenters. The SMILES string of the molecule is C[C@H](CO[Si](C)(C)C(C)(C)C)OC(=O)c1ccccc1OCc1ccccc1. The van der Waals surface area contributed by atoms with Crippen LogP contribution in [0.25, 0.3) is 0 Å². The van der Waals surface area contributed by atoms with E-state index in [0.29, 0.717) is 24.5 Å². The summed E-state index contributed by atoms with van der Waals surface area (Å²) in [5, 5.41) is 0.120. The van der Waals surface area contributed by atoms with Gasteiger partial charge in [0.1, 0.15) is 24.0 Å². The highest BCUT2D eigenvalue weighted by atomic mass is 28.4. The number of hydrogen-bond donors (Lipinski definition) is 0. The third-order valence-electron chi connectivity index (χ3n) is 5.14. The fraction of sp³-hybridized carbons (Fsp3) is 0.435. The van der Waals surface area contributed by atoms with Crippen LogP contribution in [0.5, 0.6) is 5.75 Å². The Balaban J connectivity index is 1.96. The maximum Gasteiger partial charge on any atom is 0.342 e. The lowest BCUT2D eigenvalue weighted by Gasteiger charge is -2.36. The molecule has 2 aromatic rings. The molecular weight excluding hydrogens is 368 g/mol. The molecule has 2 aromatic carbocycles. The second kappa shape index (κ2) is 9.39. The van der Waals surface area contributed by atoms with E-state index < -0.39 is 14.3 Å². The van der Waals surface area contributed by atoms with Crippen LogP contribution in [0, 0.1) is 0 Å². The summed E-state index contributed by atoms with van der Waals surface area (Å²) in [5.41, 5.74) is 1.47. The van der Waals surface area contributed by atoms with Crippen molar-refractivity contribution >= 4 is 14.3 Å². The molecule has 152 valence electrons. The van der Waals surface area contributed by atoms with Crippen LogP contribution >= 0.6 is 0 Å². The Morgan fingerprint density at radius 1 is 1.00 bits per heavy atom. The summed E-state index contributed by atoms with van der Waals surface area (Å²) in [5.74, 6) is 0.129. The number of ether oxygens (including phenoxy) is 2. The van der Waals surface area contributed by atoms with E-state index in [-0.39, 0.29) is 11.1 Å². The van der Waals surface area contributed by atoms with Crippen molar-refractivity contribution in [2.45, 2.75) is 58.5 Å². The van der Waals surface area contributed by atoms with E-state index in [9.17, 15) is 4.79 Å². The summed E-state index contributed by atoms with van der Waals surface area (Å²) in [6.07, 6.45) is -0.330. The van der Waals surface area contributed by atoms with Crippen molar-refractivity contribution in [2.75, 3.05) is 6.61 Å². The molecule has 0 heterocycles. The molecule has 5 heteroatoms. The zero-order valence-corrected chi connectivity index (χ0v) is 18.8. The monoisotopic (exact) mass is 400 g/mol. The molecule has 4 nitrogen and oxygen atoms in total. The van der Waals surface area contributed by atoms with E-state index in [2.05, 4.69) is 33.9 Å². The second-order valence-corrected chi connectivity index (χ2v) is 13.4. The van der Waals surface area contributed by atoms with E-state index in [1.165, 1.54) is 0 Å². The Kier molecular flexibility index (Phi) is 7.44. The van der Waals surface area contributed by atoms with Crippen molar-refractivity contribution < 1.29 is 18.7 Å². The van der Waals surface area contributed by atoms with Crippen LogP contribution in [0.3, 0.4) is 0 Å². The van der Waals surface area contributed by atoms with Crippen LogP contribution in [0.2, 0.25) is 18.1 Å². The summed E-state index contributed by atoms with van der Waals surface area (Å²) in [6, 6.07) is 17.0. The lowest BCUT2D eigenvalue weighted by atomic mass is 10.2. The average Bonchev–Trinajstić information content (AvgIpc) is 2.65. The van der Waals surface area contributed by atoms with Crippen LogP contribution in [0.4, 0.5) is 0 Å². The van der Waals surface area contributed by atoms with Gasteiger partial charge in [-0.15, -0.1) is 0 Å². The molecule has 0 aliphatic carbocycles. The molecule has 0 bridgehead atoms. The third kappa shape index (κ3) is 6.21. The molecule has 0 spiro atoms. The predicted octanol–water partition coefficient (Wildman–Crippen LogP) is 5.83. The largest absolute Gasteiger partial charge is 0.488 e. The summed E-state index contributed by atoms with van der Waals surface area (Å²) >= 11 is 0. The van der Waals surface area contributed by atoms with E-state index in [0.717, 1.165) is 5.56 Å². The molecule has 0 radical (unpaired) electrons. The lowest BCUT2D eigenvalue weighted by Crippen LogP contribution is -2.42. The number of para-hydroxylation sites is 1. The van der Waals surface area contributed by atoms with Crippen molar-refractivity contribution in [2.24, 2.45) is 0 Å². The van der Waals surface area contributed by atoms with Crippen molar-refractivity contribution in [1.82, 2.24) is 0 Å². The highest BCUT2D eigenvalue weighted by Crippen LogP contribution is 2.36. The van der Waals surface area contributed by atoms with Crippen molar-refractivity contribution in [1.29, 1.82) is 0 Å². The number of benzene rings is 2. The van der Waals surface area contributed by atoms with Crippen molar-refractivity contribution in [3.8, 4) is 5.75 Å². The minimum atomic E-state index is -1.88. The molecular formula is C23H32O4Si. The van der Waals surface area contributed by atoms with E-state index in [4.69, 9.17) is 13.9 Å². The van der Waals surface area contributed by atoms with Crippen molar-refractivity contribution in [3.63, 3.8) is 0 Å². The van der Waals surface area contributed by atoms with Gasteiger partial charge in [-0.3, -0.25) is 0 Å². The van der Waals surface area contributed by atoms with Crippen LogP contribution in [0.1, 0.15) is 43.6 Å². The quantitative estimate of drug-likeness (QED) is 0.413. The van der Waals surface area contributed by atoms with Gasteiger partial charge in [-0.2, -0.15) is 0 Å². The Morgan fingerprint density at radius 3 is 2.25 bits per heavy atom. The topological polar surface area (TPSA) is 44.8 Å². The van der Waals surface area contributed by atoms with Gasteiger partial charge < -0.3 is 13.9 Å². The Morgan fingerprint density at radius 2 is 1.61 bits per heavy atom. The first-order valence-electron chi connectivity index (χ1n) is 9.71. The number of hydrogen-bond acceptors (Lipinski definition) is 4. The van der Waals surface area contributed by atoms with Gasteiger partial charge in [-0.1, -0.05) is 63.2 Å². The first-order chi connectivity index (χ1) is 13.1. The second-order valence-electron chi connectivity index (χ2n) is 8.56. The van der Waals surface area contributed by atoms with Gasteiger partial charge in [-0.05, 0) is 42.8 Å². The van der Waals surface area contributed by atoms with E-state index >= 15 is 0 Å². The Hall–Kier alpha value is -2.11. The maximum atomic E-state index is 12.7. The van der Waals surface area contributed by atoms with Crippen LogP contribution in [0.15, 0.2) is 54.6 Å². The molecule has 0 fully saturated rings. The average molecular weight is 401 g/mol. The minimum Gasteiger partial charge on any atom is -0.488 e. The molecule has 2 rings (SSSR count). The molecule has 0 N–H and O–H groups in total. The van der Waals surface area contributed by atoms with Gasteiger partial charge in [-0.25, -0.2) is 4.79 Å². The minimum absolute atomic E-state index is 0.120. The molecule has 0 unspecified atom stereocenters. The lowest BCUT2D eigenvalue weighted by molar-refractivity contribution is 0.0208. The first-order valence-corrected chi connectivity index (χ1v) is 12.6. The number of carbonyl (C=O) groups is 1. The van der Waals surface area contributed by atoms with Gasteiger partial charge in [0, 0.05) is 0 Å². The predicted molar refractivity (Wildman–Crippen MR) is 115 cm³/mol. The van der Waals surface area contributed by atoms with Crippen molar-refractivity contribution in [3.05, 3.63) is 65.7 Å². The fourth-order valence-corrected chi connectivity index (χ4v) is 3.40. The number of carbonyl (C=O) groups excluding carboxylic acids is 1.